The Balaban J connectivity index is 2.50. The Morgan fingerprint density at radius 2 is 2.50 bits per heavy atom. The summed E-state index contributed by atoms with van der Waals surface area (Å²) in [4.78, 5) is 14.7. The Morgan fingerprint density at radius 3 is 3.00 bits per heavy atom. The predicted octanol–water partition coefficient (Wildman–Crippen LogP) is 0.965. The van der Waals surface area contributed by atoms with Crippen molar-refractivity contribution in [1.29, 1.82) is 0 Å². The van der Waals surface area contributed by atoms with Crippen LogP contribution in [-0.4, -0.2) is 30.0 Å². The van der Waals surface area contributed by atoms with E-state index >= 15 is 0 Å². The molecule has 0 unspecified atom stereocenters. The minimum Gasteiger partial charge on any atom is -0.475 e. The van der Waals surface area contributed by atoms with Gasteiger partial charge in [0.2, 0.25) is 5.84 Å². The first-order valence-electron chi connectivity index (χ1n) is 4.60. The third kappa shape index (κ3) is 3.05. The number of hydrogen-bond acceptors (Lipinski definition) is 2. The van der Waals surface area contributed by atoms with Gasteiger partial charge >= 0.3 is 5.97 Å². The van der Waals surface area contributed by atoms with E-state index in [-0.39, 0.29) is 5.84 Å². The summed E-state index contributed by atoms with van der Waals surface area (Å²) in [6, 6.07) is 0. The van der Waals surface area contributed by atoms with Crippen LogP contribution in [0.2, 0.25) is 0 Å². The number of carboxylic acid groups (broad SMARTS) is 1. The van der Waals surface area contributed by atoms with Gasteiger partial charge in [0.1, 0.15) is 0 Å². The first kappa shape index (κ1) is 10.5. The fourth-order valence-electron chi connectivity index (χ4n) is 1.16. The molecule has 4 heteroatoms. The molecule has 4 nitrogen and oxygen atoms in total. The number of aliphatic carboxylic acids is 1. The molecular weight excluding hydrogens is 180 g/mol. The lowest BCUT2D eigenvalue weighted by Gasteiger charge is -2.02. The zero-order chi connectivity index (χ0) is 10.4. The smallest absolute Gasteiger partial charge is 0.371 e. The minimum absolute atomic E-state index is 0.0419. The average molecular weight is 194 g/mol. The van der Waals surface area contributed by atoms with Crippen LogP contribution in [-0.2, 0) is 4.79 Å². The van der Waals surface area contributed by atoms with Crippen molar-refractivity contribution in [3.8, 4) is 0 Å². The number of aliphatic imine (C=N–C) groups is 1. The Bertz CT molecular complexity index is 303. The third-order valence-electron chi connectivity index (χ3n) is 1.84. The van der Waals surface area contributed by atoms with Gasteiger partial charge in [-0.25, -0.2) is 4.79 Å². The van der Waals surface area contributed by atoms with E-state index < -0.39 is 5.97 Å². The lowest BCUT2D eigenvalue weighted by Crippen LogP contribution is -2.31. The van der Waals surface area contributed by atoms with E-state index in [0.717, 1.165) is 12.0 Å². The normalized spacial score (nSPS) is 15.5. The number of likely N-dealkylation sites (N-methyl/N-ethyl adjacent to an activating group) is 1. The van der Waals surface area contributed by atoms with E-state index in [9.17, 15) is 4.79 Å². The van der Waals surface area contributed by atoms with Crippen LogP contribution >= 0.6 is 0 Å². The van der Waals surface area contributed by atoms with Gasteiger partial charge in [-0.15, -0.1) is 0 Å². The standard InChI is InChI=1S/C10H14N2O2/c1-2-11-9(10(13)14)12-7-8-5-3-4-6-8/h3-5H,2,6-7H2,1H3,(H,11,12)(H,13,14). The van der Waals surface area contributed by atoms with Crippen LogP contribution in [0.3, 0.4) is 0 Å². The van der Waals surface area contributed by atoms with Crippen molar-refractivity contribution < 1.29 is 9.90 Å². The molecule has 0 aromatic heterocycles. The summed E-state index contributed by atoms with van der Waals surface area (Å²) in [6.45, 7) is 2.87. The van der Waals surface area contributed by atoms with Gasteiger partial charge in [0.05, 0.1) is 6.54 Å². The summed E-state index contributed by atoms with van der Waals surface area (Å²) in [7, 11) is 0. The van der Waals surface area contributed by atoms with Gasteiger partial charge in [-0.05, 0) is 18.9 Å². The van der Waals surface area contributed by atoms with Gasteiger partial charge < -0.3 is 10.4 Å². The van der Waals surface area contributed by atoms with E-state index in [2.05, 4.69) is 10.3 Å². The monoisotopic (exact) mass is 194 g/mol. The molecule has 0 amide bonds. The fourth-order valence-corrected chi connectivity index (χ4v) is 1.16. The van der Waals surface area contributed by atoms with Crippen LogP contribution < -0.4 is 5.32 Å². The molecule has 0 radical (unpaired) electrons. The molecule has 1 aliphatic carbocycles. The quantitative estimate of drug-likeness (QED) is 0.519. The lowest BCUT2D eigenvalue weighted by molar-refractivity contribution is -0.129. The van der Waals surface area contributed by atoms with Gasteiger partial charge in [-0.2, -0.15) is 0 Å². The van der Waals surface area contributed by atoms with Crippen LogP contribution in [0.5, 0.6) is 0 Å². The Labute approximate surface area is 83.0 Å². The second-order valence-electron chi connectivity index (χ2n) is 2.96. The molecule has 2 N–H and O–H groups in total. The van der Waals surface area contributed by atoms with Gasteiger partial charge in [-0.3, -0.25) is 4.99 Å². The molecule has 0 aromatic rings. The molecule has 0 saturated carbocycles. The number of hydrogen-bond donors (Lipinski definition) is 2. The van der Waals surface area contributed by atoms with Crippen LogP contribution in [0.4, 0.5) is 0 Å². The van der Waals surface area contributed by atoms with Crippen LogP contribution in [0.1, 0.15) is 13.3 Å². The number of carboxylic acids is 1. The first-order chi connectivity index (χ1) is 6.74. The molecule has 0 heterocycles. The van der Waals surface area contributed by atoms with Crippen molar-refractivity contribution in [3.05, 3.63) is 23.8 Å². The summed E-state index contributed by atoms with van der Waals surface area (Å²) in [5.41, 5.74) is 1.14. The van der Waals surface area contributed by atoms with Crippen molar-refractivity contribution >= 4 is 11.8 Å². The first-order valence-corrected chi connectivity index (χ1v) is 4.60. The SMILES string of the molecule is CCNC(=NCC1=CC=CC1)C(=O)O. The summed E-state index contributed by atoms with van der Waals surface area (Å²) in [6.07, 6.45) is 6.83. The van der Waals surface area contributed by atoms with Crippen LogP contribution in [0.15, 0.2) is 28.8 Å². The van der Waals surface area contributed by atoms with Crippen molar-refractivity contribution in [1.82, 2.24) is 5.32 Å². The highest BCUT2D eigenvalue weighted by atomic mass is 16.4. The van der Waals surface area contributed by atoms with Crippen molar-refractivity contribution in [2.45, 2.75) is 13.3 Å². The highest BCUT2D eigenvalue weighted by Gasteiger charge is 2.07. The molecule has 1 aliphatic rings. The molecule has 0 spiro atoms. The fraction of sp³-hybridized carbons (Fsp3) is 0.400. The maximum Gasteiger partial charge on any atom is 0.371 e. The zero-order valence-electron chi connectivity index (χ0n) is 8.16. The van der Waals surface area contributed by atoms with E-state index in [1.165, 1.54) is 0 Å². The average Bonchev–Trinajstić information content (AvgIpc) is 2.64. The molecule has 0 aromatic carbocycles. The number of rotatable bonds is 3. The van der Waals surface area contributed by atoms with E-state index in [0.29, 0.717) is 13.1 Å². The number of carbonyl (C=O) groups is 1. The Morgan fingerprint density at radius 1 is 1.71 bits per heavy atom. The molecule has 0 saturated heterocycles. The number of amidine groups is 1. The van der Waals surface area contributed by atoms with E-state index in [1.54, 1.807) is 0 Å². The highest BCUT2D eigenvalue weighted by Crippen LogP contribution is 2.09. The molecule has 0 fully saturated rings. The molecule has 0 bridgehead atoms. The molecule has 0 aliphatic heterocycles. The Kier molecular flexibility index (Phi) is 3.91. The maximum absolute atomic E-state index is 10.7. The topological polar surface area (TPSA) is 61.7 Å². The second kappa shape index (κ2) is 5.21. The third-order valence-corrected chi connectivity index (χ3v) is 1.84. The van der Waals surface area contributed by atoms with Crippen molar-refractivity contribution in [3.63, 3.8) is 0 Å². The second-order valence-corrected chi connectivity index (χ2v) is 2.96. The van der Waals surface area contributed by atoms with Crippen LogP contribution in [0.25, 0.3) is 0 Å². The number of nitrogens with zero attached hydrogens (tertiary/aromatic N) is 1. The summed E-state index contributed by atoms with van der Waals surface area (Å²) in [5.74, 6) is -0.960. The lowest BCUT2D eigenvalue weighted by atomic mass is 10.2. The van der Waals surface area contributed by atoms with Gasteiger partial charge in [0, 0.05) is 6.54 Å². The largest absolute Gasteiger partial charge is 0.475 e. The zero-order valence-corrected chi connectivity index (χ0v) is 8.16. The van der Waals surface area contributed by atoms with Gasteiger partial charge in [-0.1, -0.05) is 18.2 Å². The summed E-state index contributed by atoms with van der Waals surface area (Å²) in [5, 5.41) is 11.5. The number of allylic oxidation sites excluding steroid dienone is 3. The van der Waals surface area contributed by atoms with E-state index in [1.807, 2.05) is 25.2 Å². The number of nitrogens with one attached hydrogen (secondary N) is 1. The Hall–Kier alpha value is -1.58. The van der Waals surface area contributed by atoms with Crippen molar-refractivity contribution in [2.75, 3.05) is 13.1 Å². The summed E-state index contributed by atoms with van der Waals surface area (Å²) >= 11 is 0. The highest BCUT2D eigenvalue weighted by molar-refractivity contribution is 6.34. The van der Waals surface area contributed by atoms with Crippen LogP contribution in [0, 0.1) is 0 Å². The van der Waals surface area contributed by atoms with Crippen molar-refractivity contribution in [2.24, 2.45) is 4.99 Å². The van der Waals surface area contributed by atoms with Gasteiger partial charge in [0.15, 0.2) is 0 Å². The summed E-state index contributed by atoms with van der Waals surface area (Å²) < 4.78 is 0. The predicted molar refractivity (Wildman–Crippen MR) is 55.5 cm³/mol. The molecule has 76 valence electrons. The molecule has 0 atom stereocenters. The molecule has 1 rings (SSSR count). The van der Waals surface area contributed by atoms with Gasteiger partial charge in [0.25, 0.3) is 0 Å². The van der Waals surface area contributed by atoms with E-state index in [4.69, 9.17) is 5.11 Å². The molecular formula is C10H14N2O2. The minimum atomic E-state index is -1.00. The molecule has 14 heavy (non-hydrogen) atoms. The maximum atomic E-state index is 10.7.